The summed E-state index contributed by atoms with van der Waals surface area (Å²) in [6, 6.07) is 14.1. The van der Waals surface area contributed by atoms with Gasteiger partial charge in [-0.1, -0.05) is 30.3 Å². The van der Waals surface area contributed by atoms with Gasteiger partial charge in [-0.15, -0.1) is 0 Å². The zero-order valence-electron chi connectivity index (χ0n) is 17.4. The highest BCUT2D eigenvalue weighted by Crippen LogP contribution is 2.28. The monoisotopic (exact) mass is 410 g/mol. The predicted molar refractivity (Wildman–Crippen MR) is 113 cm³/mol. The van der Waals surface area contributed by atoms with Crippen LogP contribution in [-0.4, -0.2) is 59.9 Å². The topological polar surface area (TPSA) is 77.8 Å². The van der Waals surface area contributed by atoms with Crippen LogP contribution in [0.4, 0.5) is 0 Å². The number of hydrogen-bond donors (Lipinski definition) is 2. The number of nitrogens with one attached hydrogen (secondary N) is 2. The number of fused-ring (bicyclic) bond motifs is 1. The maximum absolute atomic E-state index is 12.9. The van der Waals surface area contributed by atoms with Crippen molar-refractivity contribution < 1.29 is 14.0 Å². The van der Waals surface area contributed by atoms with Crippen LogP contribution >= 0.6 is 0 Å². The van der Waals surface area contributed by atoms with Crippen LogP contribution in [0.2, 0.25) is 0 Å². The van der Waals surface area contributed by atoms with Crippen LogP contribution < -0.4 is 10.6 Å². The molecule has 2 aliphatic rings. The van der Waals surface area contributed by atoms with E-state index in [0.29, 0.717) is 25.9 Å². The first-order valence-corrected chi connectivity index (χ1v) is 10.7. The molecule has 30 heavy (non-hydrogen) atoms. The number of rotatable bonds is 7. The molecular weight excluding hydrogens is 380 g/mol. The predicted octanol–water partition coefficient (Wildman–Crippen LogP) is 1.75. The summed E-state index contributed by atoms with van der Waals surface area (Å²) >= 11 is 0. The van der Waals surface area contributed by atoms with Gasteiger partial charge in [-0.2, -0.15) is 0 Å². The first-order chi connectivity index (χ1) is 14.6. The maximum Gasteiger partial charge on any atom is 0.239 e. The summed E-state index contributed by atoms with van der Waals surface area (Å²) in [5.74, 6) is 0.851. The van der Waals surface area contributed by atoms with Crippen LogP contribution in [0.25, 0.3) is 0 Å². The Morgan fingerprint density at radius 3 is 2.83 bits per heavy atom. The number of likely N-dealkylation sites (N-methyl/N-ethyl adjacent to an activating group) is 1. The number of benzene rings is 1. The van der Waals surface area contributed by atoms with E-state index in [1.807, 2.05) is 30.3 Å². The summed E-state index contributed by atoms with van der Waals surface area (Å²) < 4.78 is 5.25. The third-order valence-electron chi connectivity index (χ3n) is 6.32. The molecule has 4 rings (SSSR count). The molecule has 3 atom stereocenters. The lowest BCUT2D eigenvalue weighted by Gasteiger charge is -2.33. The molecule has 2 aliphatic heterocycles. The highest BCUT2D eigenvalue weighted by atomic mass is 16.3. The SMILES string of the molecule is CN1C(CCC(=O)NCc2ccco2)CNC(=O)C2C1CCN2Cc1ccccc1. The Bertz CT molecular complexity index is 839. The van der Waals surface area contributed by atoms with E-state index < -0.39 is 0 Å². The summed E-state index contributed by atoms with van der Waals surface area (Å²) in [7, 11) is 2.09. The molecule has 0 bridgehead atoms. The third kappa shape index (κ3) is 4.74. The second-order valence-corrected chi connectivity index (χ2v) is 8.22. The van der Waals surface area contributed by atoms with Crippen molar-refractivity contribution in [1.29, 1.82) is 0 Å². The Labute approximate surface area is 177 Å². The van der Waals surface area contributed by atoms with Crippen LogP contribution in [0.1, 0.15) is 30.6 Å². The van der Waals surface area contributed by atoms with Crippen molar-refractivity contribution in [2.75, 3.05) is 20.1 Å². The van der Waals surface area contributed by atoms with Crippen LogP contribution in [0.5, 0.6) is 0 Å². The average molecular weight is 411 g/mol. The van der Waals surface area contributed by atoms with Gasteiger partial charge < -0.3 is 15.1 Å². The van der Waals surface area contributed by atoms with Gasteiger partial charge >= 0.3 is 0 Å². The molecule has 1 aromatic heterocycles. The molecule has 2 saturated heterocycles. The Hall–Kier alpha value is -2.64. The van der Waals surface area contributed by atoms with Crippen molar-refractivity contribution >= 4 is 11.8 Å². The summed E-state index contributed by atoms with van der Waals surface area (Å²) in [4.78, 5) is 29.7. The molecule has 0 radical (unpaired) electrons. The van der Waals surface area contributed by atoms with Crippen molar-refractivity contribution in [1.82, 2.24) is 20.4 Å². The van der Waals surface area contributed by atoms with Crippen molar-refractivity contribution in [3.63, 3.8) is 0 Å². The van der Waals surface area contributed by atoms with Crippen molar-refractivity contribution in [3.05, 3.63) is 60.1 Å². The molecule has 160 valence electrons. The smallest absolute Gasteiger partial charge is 0.239 e. The van der Waals surface area contributed by atoms with Gasteiger partial charge in [0, 0.05) is 38.1 Å². The van der Waals surface area contributed by atoms with Gasteiger partial charge in [-0.05, 0) is 37.6 Å². The minimum atomic E-state index is -0.145. The number of carbonyl (C=O) groups is 2. The largest absolute Gasteiger partial charge is 0.467 e. The third-order valence-corrected chi connectivity index (χ3v) is 6.32. The summed E-state index contributed by atoms with van der Waals surface area (Å²) in [5.41, 5.74) is 1.22. The molecule has 2 N–H and O–H groups in total. The zero-order valence-corrected chi connectivity index (χ0v) is 17.4. The average Bonchev–Trinajstić information content (AvgIpc) is 3.40. The van der Waals surface area contributed by atoms with E-state index in [2.05, 4.69) is 39.6 Å². The first kappa shape index (κ1) is 20.6. The molecule has 0 saturated carbocycles. The molecule has 1 aromatic carbocycles. The fourth-order valence-electron chi connectivity index (χ4n) is 4.63. The van der Waals surface area contributed by atoms with Gasteiger partial charge in [0.1, 0.15) is 11.8 Å². The fourth-order valence-corrected chi connectivity index (χ4v) is 4.63. The van der Waals surface area contributed by atoms with E-state index >= 15 is 0 Å². The second kappa shape index (κ2) is 9.45. The molecule has 0 aliphatic carbocycles. The van der Waals surface area contributed by atoms with Gasteiger partial charge in [0.15, 0.2) is 0 Å². The number of carbonyl (C=O) groups excluding carboxylic acids is 2. The van der Waals surface area contributed by atoms with Crippen molar-refractivity contribution in [2.45, 2.75) is 50.5 Å². The fraction of sp³-hybridized carbons (Fsp3) is 0.478. The van der Waals surface area contributed by atoms with Crippen LogP contribution in [0, 0.1) is 0 Å². The number of amides is 2. The lowest BCUT2D eigenvalue weighted by atomic mass is 10.0. The normalized spacial score (nSPS) is 24.8. The number of hydrogen-bond acceptors (Lipinski definition) is 5. The van der Waals surface area contributed by atoms with Gasteiger partial charge in [0.2, 0.25) is 11.8 Å². The number of nitrogens with zero attached hydrogens (tertiary/aromatic N) is 2. The van der Waals surface area contributed by atoms with Gasteiger partial charge in [0.25, 0.3) is 0 Å². The van der Waals surface area contributed by atoms with Crippen LogP contribution in [0.15, 0.2) is 53.1 Å². The molecular formula is C23H30N4O3. The molecule has 3 heterocycles. The van der Waals surface area contributed by atoms with Gasteiger partial charge in [-0.25, -0.2) is 0 Å². The quantitative estimate of drug-likeness (QED) is 0.727. The van der Waals surface area contributed by atoms with E-state index in [1.165, 1.54) is 5.56 Å². The Kier molecular flexibility index (Phi) is 6.50. The zero-order chi connectivity index (χ0) is 20.9. The van der Waals surface area contributed by atoms with E-state index in [9.17, 15) is 9.59 Å². The summed E-state index contributed by atoms with van der Waals surface area (Å²) in [6.45, 7) is 2.66. The number of furan rings is 1. The molecule has 2 amide bonds. The lowest BCUT2D eigenvalue weighted by molar-refractivity contribution is -0.126. The first-order valence-electron chi connectivity index (χ1n) is 10.7. The standard InChI is InChI=1S/C23H30N4O3/c1-26-18(9-10-21(28)24-15-19-8-5-13-30-19)14-25-23(29)22-20(26)11-12-27(22)16-17-6-3-2-4-7-17/h2-8,13,18,20,22H,9-12,14-16H2,1H3,(H,24,28)(H,25,29). The van der Waals surface area contributed by atoms with E-state index in [-0.39, 0.29) is 29.9 Å². The minimum absolute atomic E-state index is 0.00375. The number of likely N-dealkylation sites (tertiary alicyclic amines) is 1. The molecule has 2 aromatic rings. The van der Waals surface area contributed by atoms with E-state index in [0.717, 1.165) is 25.3 Å². The molecule has 0 spiro atoms. The van der Waals surface area contributed by atoms with Crippen molar-refractivity contribution in [2.24, 2.45) is 0 Å². The highest BCUT2D eigenvalue weighted by Gasteiger charge is 2.44. The summed E-state index contributed by atoms with van der Waals surface area (Å²) in [5, 5.41) is 6.02. The Morgan fingerprint density at radius 1 is 1.23 bits per heavy atom. The molecule has 7 heteroatoms. The van der Waals surface area contributed by atoms with E-state index in [4.69, 9.17) is 4.42 Å². The Morgan fingerprint density at radius 2 is 2.07 bits per heavy atom. The second-order valence-electron chi connectivity index (χ2n) is 8.22. The van der Waals surface area contributed by atoms with Crippen molar-refractivity contribution in [3.8, 4) is 0 Å². The van der Waals surface area contributed by atoms with Crippen LogP contribution in [0.3, 0.4) is 0 Å². The van der Waals surface area contributed by atoms with Gasteiger partial charge in [0.05, 0.1) is 12.8 Å². The maximum atomic E-state index is 12.9. The van der Waals surface area contributed by atoms with Crippen LogP contribution in [-0.2, 0) is 22.7 Å². The Balaban J connectivity index is 1.33. The molecule has 7 nitrogen and oxygen atoms in total. The minimum Gasteiger partial charge on any atom is -0.467 e. The molecule has 3 unspecified atom stereocenters. The molecule has 2 fully saturated rings. The summed E-state index contributed by atoms with van der Waals surface area (Å²) in [6.07, 6.45) is 3.70. The lowest BCUT2D eigenvalue weighted by Crippen LogP contribution is -2.49. The van der Waals surface area contributed by atoms with Gasteiger partial charge in [-0.3, -0.25) is 19.4 Å². The van der Waals surface area contributed by atoms with E-state index in [1.54, 1.807) is 6.26 Å². The highest BCUT2D eigenvalue weighted by molar-refractivity contribution is 5.83.